The predicted octanol–water partition coefficient (Wildman–Crippen LogP) is 3.13. The summed E-state index contributed by atoms with van der Waals surface area (Å²) in [5.74, 6) is 0.750. The SMILES string of the molecule is CCOc1ccc(S(=O)(=O)N2CCC[C@@H](C(=O)Nc3ccc(OC)cc3)C2)cc1. The summed E-state index contributed by atoms with van der Waals surface area (Å²) in [5.41, 5.74) is 0.655. The number of nitrogens with one attached hydrogen (secondary N) is 1. The van der Waals surface area contributed by atoms with Gasteiger partial charge in [0.15, 0.2) is 0 Å². The van der Waals surface area contributed by atoms with Gasteiger partial charge in [0.1, 0.15) is 11.5 Å². The van der Waals surface area contributed by atoms with Crippen molar-refractivity contribution in [2.24, 2.45) is 5.92 Å². The van der Waals surface area contributed by atoms with Crippen LogP contribution < -0.4 is 14.8 Å². The van der Waals surface area contributed by atoms with Gasteiger partial charge in [0.05, 0.1) is 24.5 Å². The summed E-state index contributed by atoms with van der Waals surface area (Å²) in [6.07, 6.45) is 1.29. The first-order chi connectivity index (χ1) is 13.9. The number of ether oxygens (including phenoxy) is 2. The van der Waals surface area contributed by atoms with Gasteiger partial charge in [0, 0.05) is 18.8 Å². The molecule has 156 valence electrons. The smallest absolute Gasteiger partial charge is 0.243 e. The van der Waals surface area contributed by atoms with Crippen molar-refractivity contribution < 1.29 is 22.7 Å². The average molecular weight is 419 g/mol. The Bertz CT molecular complexity index is 927. The van der Waals surface area contributed by atoms with Gasteiger partial charge in [0.2, 0.25) is 15.9 Å². The Labute approximate surface area is 171 Å². The van der Waals surface area contributed by atoms with Gasteiger partial charge >= 0.3 is 0 Å². The Morgan fingerprint density at radius 1 is 1.10 bits per heavy atom. The third-order valence-electron chi connectivity index (χ3n) is 4.88. The summed E-state index contributed by atoms with van der Waals surface area (Å²) < 4.78 is 37.9. The zero-order chi connectivity index (χ0) is 20.9. The third kappa shape index (κ3) is 5.07. The van der Waals surface area contributed by atoms with E-state index in [0.717, 1.165) is 0 Å². The molecular weight excluding hydrogens is 392 g/mol. The number of benzene rings is 2. The first kappa shape index (κ1) is 21.1. The van der Waals surface area contributed by atoms with E-state index < -0.39 is 15.9 Å². The van der Waals surface area contributed by atoms with E-state index in [1.165, 1.54) is 4.31 Å². The highest BCUT2D eigenvalue weighted by molar-refractivity contribution is 7.89. The predicted molar refractivity (Wildman–Crippen MR) is 111 cm³/mol. The van der Waals surface area contributed by atoms with Gasteiger partial charge in [-0.1, -0.05) is 0 Å². The maximum Gasteiger partial charge on any atom is 0.243 e. The van der Waals surface area contributed by atoms with Crippen molar-refractivity contribution >= 4 is 21.6 Å². The van der Waals surface area contributed by atoms with E-state index in [2.05, 4.69) is 5.32 Å². The van der Waals surface area contributed by atoms with Crippen LogP contribution in [-0.2, 0) is 14.8 Å². The lowest BCUT2D eigenvalue weighted by Gasteiger charge is -2.31. The molecule has 0 aromatic heterocycles. The number of nitrogens with zero attached hydrogens (tertiary/aromatic N) is 1. The molecule has 1 atom stereocenters. The second-order valence-electron chi connectivity index (χ2n) is 6.82. The molecule has 3 rings (SSSR count). The van der Waals surface area contributed by atoms with E-state index in [-0.39, 0.29) is 17.3 Å². The summed E-state index contributed by atoms with van der Waals surface area (Å²) in [7, 11) is -2.08. The van der Waals surface area contributed by atoms with Crippen molar-refractivity contribution in [2.75, 3.05) is 32.1 Å². The van der Waals surface area contributed by atoms with Crippen LogP contribution in [0.25, 0.3) is 0 Å². The number of carbonyl (C=O) groups is 1. The molecule has 0 saturated carbocycles. The van der Waals surface area contributed by atoms with Crippen molar-refractivity contribution in [3.63, 3.8) is 0 Å². The minimum absolute atomic E-state index is 0.164. The third-order valence-corrected chi connectivity index (χ3v) is 6.76. The lowest BCUT2D eigenvalue weighted by atomic mass is 9.99. The molecule has 29 heavy (non-hydrogen) atoms. The number of piperidine rings is 1. The van der Waals surface area contributed by atoms with Gasteiger partial charge in [-0.15, -0.1) is 0 Å². The number of amides is 1. The Morgan fingerprint density at radius 2 is 1.76 bits per heavy atom. The first-order valence-corrected chi connectivity index (χ1v) is 11.1. The first-order valence-electron chi connectivity index (χ1n) is 9.62. The van der Waals surface area contributed by atoms with Crippen LogP contribution in [0.4, 0.5) is 5.69 Å². The largest absolute Gasteiger partial charge is 0.497 e. The molecule has 8 heteroatoms. The molecule has 0 radical (unpaired) electrons. The summed E-state index contributed by atoms with van der Waals surface area (Å²) in [6, 6.07) is 13.4. The van der Waals surface area contributed by atoms with Crippen LogP contribution >= 0.6 is 0 Å². The molecule has 0 unspecified atom stereocenters. The molecule has 0 bridgehead atoms. The number of hydrogen-bond acceptors (Lipinski definition) is 5. The van der Waals surface area contributed by atoms with Crippen LogP contribution in [-0.4, -0.2) is 45.4 Å². The van der Waals surface area contributed by atoms with Crippen molar-refractivity contribution in [1.82, 2.24) is 4.31 Å². The zero-order valence-electron chi connectivity index (χ0n) is 16.6. The van der Waals surface area contributed by atoms with Gasteiger partial charge in [0.25, 0.3) is 0 Å². The fourth-order valence-corrected chi connectivity index (χ4v) is 4.84. The molecular formula is C21H26N2O5S. The second-order valence-corrected chi connectivity index (χ2v) is 8.76. The van der Waals surface area contributed by atoms with E-state index in [1.807, 2.05) is 6.92 Å². The number of sulfonamides is 1. The molecule has 2 aromatic carbocycles. The molecule has 1 aliphatic heterocycles. The summed E-state index contributed by atoms with van der Waals surface area (Å²) in [5, 5.41) is 2.86. The van der Waals surface area contributed by atoms with Crippen molar-refractivity contribution in [3.05, 3.63) is 48.5 Å². The van der Waals surface area contributed by atoms with Gasteiger partial charge in [-0.3, -0.25) is 4.79 Å². The molecule has 1 fully saturated rings. The maximum absolute atomic E-state index is 13.0. The van der Waals surface area contributed by atoms with Crippen LogP contribution in [0, 0.1) is 5.92 Å². The van der Waals surface area contributed by atoms with Gasteiger partial charge < -0.3 is 14.8 Å². The van der Waals surface area contributed by atoms with Crippen LogP contribution in [0.3, 0.4) is 0 Å². The van der Waals surface area contributed by atoms with E-state index in [4.69, 9.17) is 9.47 Å². The van der Waals surface area contributed by atoms with Crippen LogP contribution in [0.1, 0.15) is 19.8 Å². The minimum Gasteiger partial charge on any atom is -0.497 e. The van der Waals surface area contributed by atoms with Crippen LogP contribution in [0.2, 0.25) is 0 Å². The molecule has 0 aliphatic carbocycles. The normalized spacial score (nSPS) is 17.5. The second kappa shape index (κ2) is 9.28. The Kier molecular flexibility index (Phi) is 6.76. The van der Waals surface area contributed by atoms with E-state index in [0.29, 0.717) is 43.2 Å². The monoisotopic (exact) mass is 418 g/mol. The van der Waals surface area contributed by atoms with Gasteiger partial charge in [-0.25, -0.2) is 8.42 Å². The molecule has 2 aromatic rings. The highest BCUT2D eigenvalue weighted by Crippen LogP contribution is 2.26. The average Bonchev–Trinajstić information content (AvgIpc) is 2.75. The lowest BCUT2D eigenvalue weighted by Crippen LogP contribution is -2.43. The highest BCUT2D eigenvalue weighted by Gasteiger charge is 2.33. The zero-order valence-corrected chi connectivity index (χ0v) is 17.4. The fourth-order valence-electron chi connectivity index (χ4n) is 3.32. The molecule has 7 nitrogen and oxygen atoms in total. The summed E-state index contributed by atoms with van der Waals surface area (Å²) in [4.78, 5) is 12.9. The van der Waals surface area contributed by atoms with Crippen molar-refractivity contribution in [2.45, 2.75) is 24.7 Å². The standard InChI is InChI=1S/C21H26N2O5S/c1-3-28-19-10-12-20(13-11-19)29(25,26)23-14-4-5-16(15-23)21(24)22-17-6-8-18(27-2)9-7-17/h6-13,16H,3-5,14-15H2,1-2H3,(H,22,24)/t16-/m1/s1. The molecule has 0 spiro atoms. The molecule has 1 amide bonds. The van der Waals surface area contributed by atoms with Crippen molar-refractivity contribution in [3.8, 4) is 11.5 Å². The minimum atomic E-state index is -3.66. The lowest BCUT2D eigenvalue weighted by molar-refractivity contribution is -0.120. The van der Waals surface area contributed by atoms with E-state index >= 15 is 0 Å². The molecule has 1 aliphatic rings. The number of hydrogen-bond donors (Lipinski definition) is 1. The van der Waals surface area contributed by atoms with Crippen LogP contribution in [0.5, 0.6) is 11.5 Å². The Morgan fingerprint density at radius 3 is 2.38 bits per heavy atom. The van der Waals surface area contributed by atoms with E-state index in [1.54, 1.807) is 55.6 Å². The fraction of sp³-hybridized carbons (Fsp3) is 0.381. The molecule has 1 saturated heterocycles. The maximum atomic E-state index is 13.0. The number of anilines is 1. The summed E-state index contributed by atoms with van der Waals surface area (Å²) in [6.45, 7) is 2.96. The quantitative estimate of drug-likeness (QED) is 0.747. The Balaban J connectivity index is 1.67. The Hall–Kier alpha value is -2.58. The van der Waals surface area contributed by atoms with Crippen molar-refractivity contribution in [1.29, 1.82) is 0 Å². The molecule has 1 N–H and O–H groups in total. The van der Waals surface area contributed by atoms with Gasteiger partial charge in [-0.05, 0) is 68.3 Å². The van der Waals surface area contributed by atoms with Crippen LogP contribution in [0.15, 0.2) is 53.4 Å². The van der Waals surface area contributed by atoms with E-state index in [9.17, 15) is 13.2 Å². The summed E-state index contributed by atoms with van der Waals surface area (Å²) >= 11 is 0. The number of methoxy groups -OCH3 is 1. The molecule has 1 heterocycles. The number of carbonyl (C=O) groups excluding carboxylic acids is 1. The highest BCUT2D eigenvalue weighted by atomic mass is 32.2. The number of rotatable bonds is 7. The topological polar surface area (TPSA) is 84.9 Å². The van der Waals surface area contributed by atoms with Gasteiger partial charge in [-0.2, -0.15) is 4.31 Å².